The molecular formula is C32H25N7O2. The first-order chi connectivity index (χ1) is 20.0. The number of carbonyl (C=O) groups excluding carboxylic acids is 1. The van der Waals surface area contributed by atoms with Crippen molar-refractivity contribution < 1.29 is 10.0 Å². The van der Waals surface area contributed by atoms with Crippen LogP contribution in [0.2, 0.25) is 0 Å². The maximum Gasteiger partial charge on any atom is 0.259 e. The van der Waals surface area contributed by atoms with Gasteiger partial charge in [-0.2, -0.15) is 0 Å². The number of para-hydroxylation sites is 1. The Kier molecular flexibility index (Phi) is 6.63. The van der Waals surface area contributed by atoms with Crippen molar-refractivity contribution in [3.05, 3.63) is 131 Å². The minimum absolute atomic E-state index is 0.0792. The lowest BCUT2D eigenvalue weighted by Gasteiger charge is -2.22. The Morgan fingerprint density at radius 2 is 1.76 bits per heavy atom. The molecule has 0 fully saturated rings. The molecule has 0 bridgehead atoms. The topological polar surface area (TPSA) is 123 Å². The Morgan fingerprint density at radius 3 is 2.51 bits per heavy atom. The van der Waals surface area contributed by atoms with Crippen LogP contribution in [0.15, 0.2) is 109 Å². The summed E-state index contributed by atoms with van der Waals surface area (Å²) in [6, 6.07) is 28.1. The van der Waals surface area contributed by atoms with Gasteiger partial charge >= 0.3 is 0 Å². The van der Waals surface area contributed by atoms with Crippen LogP contribution in [0.1, 0.15) is 40.1 Å². The van der Waals surface area contributed by atoms with E-state index in [2.05, 4.69) is 32.4 Å². The molecule has 0 aliphatic rings. The predicted octanol–water partition coefficient (Wildman–Crippen LogP) is 4.44. The first-order valence-electron chi connectivity index (χ1n) is 12.9. The summed E-state index contributed by atoms with van der Waals surface area (Å²) < 4.78 is 3.29. The maximum atomic E-state index is 13.5. The Labute approximate surface area is 235 Å². The second-order valence-corrected chi connectivity index (χ2v) is 9.39. The van der Waals surface area contributed by atoms with Gasteiger partial charge in [0.2, 0.25) is 0 Å². The maximum absolute atomic E-state index is 13.5. The summed E-state index contributed by atoms with van der Waals surface area (Å²) in [6.45, 7) is 1.86. The van der Waals surface area contributed by atoms with Gasteiger partial charge in [-0.1, -0.05) is 65.5 Å². The van der Waals surface area contributed by atoms with Crippen LogP contribution >= 0.6 is 0 Å². The van der Waals surface area contributed by atoms with Gasteiger partial charge in [-0.05, 0) is 54.8 Å². The summed E-state index contributed by atoms with van der Waals surface area (Å²) in [5.74, 6) is 6.10. The number of amides is 1. The molecule has 3 heterocycles. The van der Waals surface area contributed by atoms with Crippen LogP contribution in [0.4, 0.5) is 5.82 Å². The largest absolute Gasteiger partial charge is 0.409 e. The number of fused-ring (bicyclic) bond motifs is 2. The van der Waals surface area contributed by atoms with Gasteiger partial charge in [0.1, 0.15) is 5.56 Å². The molecule has 1 atom stereocenters. The number of nitrogens with zero attached hydrogens (tertiary/aromatic N) is 5. The Balaban J connectivity index is 1.51. The number of pyridine rings is 1. The Hall–Kier alpha value is -5.88. The lowest BCUT2D eigenvalue weighted by atomic mass is 10.0. The molecule has 9 heteroatoms. The zero-order chi connectivity index (χ0) is 28.3. The number of nitrogen functional groups attached to an aromatic ring is 1. The van der Waals surface area contributed by atoms with Crippen LogP contribution in [0.25, 0.3) is 22.1 Å². The number of hydrogen-bond acceptors (Lipinski definition) is 6. The highest BCUT2D eigenvalue weighted by molar-refractivity contribution is 6.04. The fourth-order valence-corrected chi connectivity index (χ4v) is 4.89. The molecule has 200 valence electrons. The fraction of sp³-hybridized carbons (Fsp3) is 0.0625. The van der Waals surface area contributed by atoms with Gasteiger partial charge in [0.05, 0.1) is 6.04 Å². The zero-order valence-electron chi connectivity index (χ0n) is 22.1. The van der Waals surface area contributed by atoms with Crippen molar-refractivity contribution in [1.82, 2.24) is 24.5 Å². The zero-order valence-corrected chi connectivity index (χ0v) is 22.1. The lowest BCUT2D eigenvalue weighted by molar-refractivity contribution is 0.0941. The predicted molar refractivity (Wildman–Crippen MR) is 156 cm³/mol. The quantitative estimate of drug-likeness (QED) is 0.174. The van der Waals surface area contributed by atoms with Crippen LogP contribution in [-0.2, 0) is 0 Å². The molecule has 41 heavy (non-hydrogen) atoms. The van der Waals surface area contributed by atoms with Crippen molar-refractivity contribution in [2.24, 2.45) is 5.16 Å². The SMILES string of the molecule is CC(NC(=O)c1c(N)nn2cccnc12)c1cc2cccc(C#Cc3ccccc3)c2/c(=N/O)n1-c1ccccc1. The second kappa shape index (κ2) is 10.7. The molecule has 3 aromatic carbocycles. The van der Waals surface area contributed by atoms with Gasteiger partial charge in [-0.15, -0.1) is 5.10 Å². The van der Waals surface area contributed by atoms with Crippen LogP contribution in [0, 0.1) is 11.8 Å². The molecule has 0 aliphatic heterocycles. The molecule has 1 unspecified atom stereocenters. The van der Waals surface area contributed by atoms with Gasteiger partial charge in [-0.25, -0.2) is 9.50 Å². The number of benzene rings is 3. The molecule has 9 nitrogen and oxygen atoms in total. The Morgan fingerprint density at radius 1 is 1.00 bits per heavy atom. The van der Waals surface area contributed by atoms with Crippen molar-refractivity contribution in [1.29, 1.82) is 0 Å². The smallest absolute Gasteiger partial charge is 0.259 e. The van der Waals surface area contributed by atoms with E-state index in [4.69, 9.17) is 5.73 Å². The highest BCUT2D eigenvalue weighted by Gasteiger charge is 2.23. The van der Waals surface area contributed by atoms with Crippen molar-refractivity contribution in [3.8, 4) is 17.5 Å². The van der Waals surface area contributed by atoms with Gasteiger partial charge in [0, 0.05) is 40.3 Å². The monoisotopic (exact) mass is 539 g/mol. The number of hydrogen-bond donors (Lipinski definition) is 3. The molecule has 3 aromatic heterocycles. The number of nitrogens with one attached hydrogen (secondary N) is 1. The number of nitrogens with two attached hydrogens (primary N) is 1. The van der Waals surface area contributed by atoms with Crippen molar-refractivity contribution >= 4 is 28.1 Å². The van der Waals surface area contributed by atoms with Gasteiger partial charge in [0.15, 0.2) is 17.0 Å². The van der Waals surface area contributed by atoms with Crippen LogP contribution in [-0.4, -0.2) is 30.3 Å². The average Bonchev–Trinajstić information content (AvgIpc) is 3.35. The van der Waals surface area contributed by atoms with Gasteiger partial charge < -0.3 is 16.3 Å². The Bertz CT molecular complexity index is 2040. The summed E-state index contributed by atoms with van der Waals surface area (Å²) in [5.41, 5.74) is 9.95. The summed E-state index contributed by atoms with van der Waals surface area (Å²) in [6.07, 6.45) is 3.26. The molecule has 0 radical (unpaired) electrons. The molecule has 4 N–H and O–H groups in total. The summed E-state index contributed by atoms with van der Waals surface area (Å²) in [7, 11) is 0. The second-order valence-electron chi connectivity index (χ2n) is 9.39. The van der Waals surface area contributed by atoms with Gasteiger partial charge in [0.25, 0.3) is 5.91 Å². The normalized spacial score (nSPS) is 12.2. The number of carbonyl (C=O) groups is 1. The summed E-state index contributed by atoms with van der Waals surface area (Å²) >= 11 is 0. The minimum Gasteiger partial charge on any atom is -0.409 e. The van der Waals surface area contributed by atoms with E-state index in [-0.39, 0.29) is 11.4 Å². The molecule has 1 amide bonds. The highest BCUT2D eigenvalue weighted by atomic mass is 16.4. The van der Waals surface area contributed by atoms with Gasteiger partial charge in [-0.3, -0.25) is 9.36 Å². The third-order valence-electron chi connectivity index (χ3n) is 6.76. The molecule has 0 spiro atoms. The molecule has 6 aromatic rings. The minimum atomic E-state index is -0.537. The fourth-order valence-electron chi connectivity index (χ4n) is 4.89. The highest BCUT2D eigenvalue weighted by Crippen LogP contribution is 2.24. The number of aromatic nitrogens is 4. The average molecular weight is 540 g/mol. The van der Waals surface area contributed by atoms with E-state index in [1.807, 2.05) is 96.4 Å². The molecule has 0 saturated carbocycles. The number of anilines is 1. The molecule has 6 rings (SSSR count). The van der Waals surface area contributed by atoms with Crippen LogP contribution in [0.5, 0.6) is 0 Å². The lowest BCUT2D eigenvalue weighted by Crippen LogP contribution is -2.33. The van der Waals surface area contributed by atoms with Crippen LogP contribution in [0.3, 0.4) is 0 Å². The molecular weight excluding hydrogens is 514 g/mol. The molecule has 0 aliphatic carbocycles. The van der Waals surface area contributed by atoms with E-state index >= 15 is 0 Å². The van der Waals surface area contributed by atoms with Crippen molar-refractivity contribution in [3.63, 3.8) is 0 Å². The van der Waals surface area contributed by atoms with E-state index in [1.54, 1.807) is 18.5 Å². The van der Waals surface area contributed by atoms with Crippen molar-refractivity contribution in [2.75, 3.05) is 5.73 Å². The van der Waals surface area contributed by atoms with Crippen LogP contribution < -0.4 is 16.5 Å². The first kappa shape index (κ1) is 25.4. The van der Waals surface area contributed by atoms with E-state index < -0.39 is 11.9 Å². The van der Waals surface area contributed by atoms with E-state index in [0.29, 0.717) is 27.8 Å². The number of rotatable bonds is 4. The third kappa shape index (κ3) is 4.75. The van der Waals surface area contributed by atoms with E-state index in [1.165, 1.54) is 4.52 Å². The van der Waals surface area contributed by atoms with Crippen molar-refractivity contribution in [2.45, 2.75) is 13.0 Å². The van der Waals surface area contributed by atoms with E-state index in [0.717, 1.165) is 16.6 Å². The first-order valence-corrected chi connectivity index (χ1v) is 12.9. The standard InChI is InChI=1S/C32H25N7O2/c1-21(35-32(40)28-29(33)36-38-19-9-18-34-30(28)38)26-20-24-13-8-12-23(17-16-22-10-4-2-5-11-22)27(24)31(37-41)39(26)25-14-6-3-7-15-25/h2-15,18-21,41H,1H3,(H2,33,36)(H,35,40)/b37-31-. The summed E-state index contributed by atoms with van der Waals surface area (Å²) in [5, 5.41) is 22.9. The molecule has 0 saturated heterocycles. The summed E-state index contributed by atoms with van der Waals surface area (Å²) in [4.78, 5) is 17.8. The van der Waals surface area contributed by atoms with E-state index in [9.17, 15) is 10.0 Å². The third-order valence-corrected chi connectivity index (χ3v) is 6.76.